The fourth-order valence-corrected chi connectivity index (χ4v) is 4.79. The van der Waals surface area contributed by atoms with Crippen LogP contribution in [0.2, 0.25) is 0 Å². The molecule has 1 saturated heterocycles. The molecule has 1 aliphatic heterocycles. The first-order valence-electron chi connectivity index (χ1n) is 8.45. The predicted molar refractivity (Wildman–Crippen MR) is 97.9 cm³/mol. The Labute approximate surface area is 152 Å². The fourth-order valence-electron chi connectivity index (χ4n) is 3.13. The number of hydrogen-bond acceptors (Lipinski definition) is 3. The minimum absolute atomic E-state index is 0.00895. The van der Waals surface area contributed by atoms with Gasteiger partial charge in [0.1, 0.15) is 11.9 Å². The van der Waals surface area contributed by atoms with Crippen LogP contribution in [-0.4, -0.2) is 31.2 Å². The number of halogens is 1. The topological polar surface area (TPSA) is 66.5 Å². The Morgan fingerprint density at radius 3 is 2.54 bits per heavy atom. The Balaban J connectivity index is 1.84. The summed E-state index contributed by atoms with van der Waals surface area (Å²) >= 11 is 0. The number of anilines is 1. The molecule has 1 aliphatic rings. The Bertz CT molecular complexity index is 926. The van der Waals surface area contributed by atoms with E-state index < -0.39 is 21.9 Å². The van der Waals surface area contributed by atoms with Gasteiger partial charge in [0.2, 0.25) is 15.9 Å². The number of hydrogen-bond donors (Lipinski definition) is 1. The molecule has 26 heavy (non-hydrogen) atoms. The fraction of sp³-hybridized carbons (Fsp3) is 0.316. The van der Waals surface area contributed by atoms with E-state index in [0.29, 0.717) is 18.5 Å². The summed E-state index contributed by atoms with van der Waals surface area (Å²) in [6.45, 7) is 4.13. The summed E-state index contributed by atoms with van der Waals surface area (Å²) < 4.78 is 40.0. The van der Waals surface area contributed by atoms with Crippen molar-refractivity contribution in [2.45, 2.75) is 37.6 Å². The van der Waals surface area contributed by atoms with E-state index in [9.17, 15) is 17.6 Å². The monoisotopic (exact) mass is 376 g/mol. The zero-order chi connectivity index (χ0) is 18.9. The molecule has 1 amide bonds. The van der Waals surface area contributed by atoms with Gasteiger partial charge in [-0.2, -0.15) is 4.31 Å². The highest BCUT2D eigenvalue weighted by atomic mass is 32.2. The highest BCUT2D eigenvalue weighted by molar-refractivity contribution is 7.89. The lowest BCUT2D eigenvalue weighted by atomic mass is 10.1. The maximum atomic E-state index is 13.1. The zero-order valence-corrected chi connectivity index (χ0v) is 15.5. The molecule has 1 unspecified atom stereocenters. The number of nitrogens with one attached hydrogen (secondary N) is 1. The van der Waals surface area contributed by atoms with E-state index in [4.69, 9.17) is 0 Å². The molecular weight excluding hydrogens is 355 g/mol. The second kappa shape index (κ2) is 7.17. The number of aryl methyl sites for hydroxylation is 1. The van der Waals surface area contributed by atoms with Crippen LogP contribution >= 0.6 is 0 Å². The van der Waals surface area contributed by atoms with Gasteiger partial charge in [-0.3, -0.25) is 4.79 Å². The SMILES string of the molecule is Cc1cccc(NC(=O)C2CCCN2S(=O)(=O)c2ccc(F)cc2)c1C. The van der Waals surface area contributed by atoms with Gasteiger partial charge >= 0.3 is 0 Å². The molecule has 0 saturated carbocycles. The molecule has 7 heteroatoms. The molecule has 0 spiro atoms. The average molecular weight is 376 g/mol. The van der Waals surface area contributed by atoms with Crippen LogP contribution in [0.1, 0.15) is 24.0 Å². The van der Waals surface area contributed by atoms with Gasteiger partial charge in [0.05, 0.1) is 4.90 Å². The summed E-state index contributed by atoms with van der Waals surface area (Å²) in [5.74, 6) is -0.850. The van der Waals surface area contributed by atoms with Gasteiger partial charge in [0.15, 0.2) is 0 Å². The van der Waals surface area contributed by atoms with Gasteiger partial charge in [-0.1, -0.05) is 12.1 Å². The molecular formula is C19H21FN2O3S. The summed E-state index contributed by atoms with van der Waals surface area (Å²) in [6.07, 6.45) is 1.06. The van der Waals surface area contributed by atoms with Gasteiger partial charge in [0, 0.05) is 12.2 Å². The van der Waals surface area contributed by atoms with Crippen molar-refractivity contribution in [3.8, 4) is 0 Å². The third-order valence-corrected chi connectivity index (χ3v) is 6.71. The van der Waals surface area contributed by atoms with E-state index in [-0.39, 0.29) is 17.3 Å². The molecule has 1 N–H and O–H groups in total. The van der Waals surface area contributed by atoms with E-state index in [1.54, 1.807) is 6.07 Å². The molecule has 0 radical (unpaired) electrons. The van der Waals surface area contributed by atoms with Crippen LogP contribution in [0.25, 0.3) is 0 Å². The van der Waals surface area contributed by atoms with Crippen LogP contribution in [0.5, 0.6) is 0 Å². The molecule has 0 aliphatic carbocycles. The van der Waals surface area contributed by atoms with E-state index in [1.807, 2.05) is 26.0 Å². The van der Waals surface area contributed by atoms with Crippen LogP contribution in [0.3, 0.4) is 0 Å². The first kappa shape index (κ1) is 18.5. The van der Waals surface area contributed by atoms with Crippen molar-refractivity contribution in [1.29, 1.82) is 0 Å². The lowest BCUT2D eigenvalue weighted by Gasteiger charge is -2.24. The average Bonchev–Trinajstić information content (AvgIpc) is 3.10. The first-order valence-corrected chi connectivity index (χ1v) is 9.89. The van der Waals surface area contributed by atoms with Crippen LogP contribution in [0.4, 0.5) is 10.1 Å². The largest absolute Gasteiger partial charge is 0.324 e. The van der Waals surface area contributed by atoms with Gasteiger partial charge in [0.25, 0.3) is 0 Å². The highest BCUT2D eigenvalue weighted by Gasteiger charge is 2.39. The Hall–Kier alpha value is -2.25. The van der Waals surface area contributed by atoms with E-state index in [2.05, 4.69) is 5.32 Å². The van der Waals surface area contributed by atoms with Crippen LogP contribution in [-0.2, 0) is 14.8 Å². The van der Waals surface area contributed by atoms with Crippen molar-refractivity contribution in [1.82, 2.24) is 4.31 Å². The van der Waals surface area contributed by atoms with E-state index in [1.165, 1.54) is 16.4 Å². The molecule has 1 heterocycles. The third kappa shape index (κ3) is 3.50. The number of benzene rings is 2. The molecule has 1 fully saturated rings. The van der Waals surface area contributed by atoms with Crippen molar-refractivity contribution in [2.24, 2.45) is 0 Å². The second-order valence-corrected chi connectivity index (χ2v) is 8.35. The van der Waals surface area contributed by atoms with Crippen LogP contribution < -0.4 is 5.32 Å². The van der Waals surface area contributed by atoms with Gasteiger partial charge < -0.3 is 5.32 Å². The zero-order valence-electron chi connectivity index (χ0n) is 14.7. The maximum absolute atomic E-state index is 13.1. The number of carbonyl (C=O) groups excluding carboxylic acids is 1. The highest BCUT2D eigenvalue weighted by Crippen LogP contribution is 2.28. The lowest BCUT2D eigenvalue weighted by Crippen LogP contribution is -2.43. The van der Waals surface area contributed by atoms with Gasteiger partial charge in [-0.15, -0.1) is 0 Å². The normalized spacial score (nSPS) is 18.0. The molecule has 2 aromatic rings. The van der Waals surface area contributed by atoms with Gasteiger partial charge in [-0.05, 0) is 68.1 Å². The molecule has 2 aromatic carbocycles. The van der Waals surface area contributed by atoms with E-state index in [0.717, 1.165) is 23.3 Å². The number of rotatable bonds is 4. The Kier molecular flexibility index (Phi) is 5.11. The minimum atomic E-state index is -3.85. The lowest BCUT2D eigenvalue weighted by molar-refractivity contribution is -0.119. The Morgan fingerprint density at radius 2 is 1.85 bits per heavy atom. The standard InChI is InChI=1S/C19H21FN2O3S/c1-13-5-3-6-17(14(13)2)21-19(23)18-7-4-12-22(18)26(24,25)16-10-8-15(20)9-11-16/h3,5-6,8-11,18H,4,7,12H2,1-2H3,(H,21,23). The van der Waals surface area contributed by atoms with Crippen LogP contribution in [0, 0.1) is 19.7 Å². The molecule has 1 atom stereocenters. The summed E-state index contributed by atoms with van der Waals surface area (Å²) in [6, 6.07) is 9.48. The molecule has 138 valence electrons. The third-order valence-electron chi connectivity index (χ3n) is 4.79. The van der Waals surface area contributed by atoms with Crippen molar-refractivity contribution < 1.29 is 17.6 Å². The first-order chi connectivity index (χ1) is 12.3. The number of carbonyl (C=O) groups is 1. The molecule has 3 rings (SSSR count). The smallest absolute Gasteiger partial charge is 0.243 e. The van der Waals surface area contributed by atoms with E-state index >= 15 is 0 Å². The Morgan fingerprint density at radius 1 is 1.15 bits per heavy atom. The summed E-state index contributed by atoms with van der Waals surface area (Å²) in [4.78, 5) is 12.7. The van der Waals surface area contributed by atoms with Crippen LogP contribution in [0.15, 0.2) is 47.4 Å². The second-order valence-electron chi connectivity index (χ2n) is 6.46. The van der Waals surface area contributed by atoms with Crippen molar-refractivity contribution >= 4 is 21.6 Å². The predicted octanol–water partition coefficient (Wildman–Crippen LogP) is 3.23. The van der Waals surface area contributed by atoms with Gasteiger partial charge in [-0.25, -0.2) is 12.8 Å². The van der Waals surface area contributed by atoms with Crippen molar-refractivity contribution in [2.75, 3.05) is 11.9 Å². The van der Waals surface area contributed by atoms with Crippen molar-refractivity contribution in [3.05, 3.63) is 59.4 Å². The minimum Gasteiger partial charge on any atom is -0.324 e. The molecule has 5 nitrogen and oxygen atoms in total. The molecule has 0 aromatic heterocycles. The number of sulfonamides is 1. The molecule has 0 bridgehead atoms. The summed E-state index contributed by atoms with van der Waals surface area (Å²) in [5.41, 5.74) is 2.68. The number of amides is 1. The maximum Gasteiger partial charge on any atom is 0.243 e. The van der Waals surface area contributed by atoms with Crippen molar-refractivity contribution in [3.63, 3.8) is 0 Å². The number of nitrogens with zero attached hydrogens (tertiary/aromatic N) is 1. The summed E-state index contributed by atoms with van der Waals surface area (Å²) in [5, 5.41) is 2.85. The summed E-state index contributed by atoms with van der Waals surface area (Å²) in [7, 11) is -3.85. The quantitative estimate of drug-likeness (QED) is 0.891.